The van der Waals surface area contributed by atoms with Crippen molar-refractivity contribution in [2.75, 3.05) is 5.73 Å². The number of hydrogen-bond acceptors (Lipinski definition) is 3. The molecule has 0 radical (unpaired) electrons. The molecule has 0 aliphatic heterocycles. The van der Waals surface area contributed by atoms with Crippen LogP contribution in [0, 0.1) is 13.8 Å². The molecular weight excluding hydrogens is 262 g/mol. The summed E-state index contributed by atoms with van der Waals surface area (Å²) >= 11 is 0. The van der Waals surface area contributed by atoms with Gasteiger partial charge in [-0.05, 0) is 30.5 Å². The number of aryl methyl sites for hydroxylation is 4. The van der Waals surface area contributed by atoms with Gasteiger partial charge in [-0.3, -0.25) is 4.68 Å². The van der Waals surface area contributed by atoms with Crippen LogP contribution in [0.15, 0.2) is 30.6 Å². The van der Waals surface area contributed by atoms with Crippen molar-refractivity contribution in [2.24, 2.45) is 14.1 Å². The molecule has 0 saturated heterocycles. The summed E-state index contributed by atoms with van der Waals surface area (Å²) in [5, 5.41) is 4.55. The summed E-state index contributed by atoms with van der Waals surface area (Å²) in [5.74, 6) is 1.46. The average molecular weight is 281 g/mol. The largest absolute Gasteiger partial charge is 0.383 e. The number of nitrogens with two attached hydrogens (primary N) is 1. The SMILES string of the molecule is Cc1ccc(-c2c(-c3nccn3C)nn(C)c2N)cc1C. The number of benzene rings is 1. The van der Waals surface area contributed by atoms with Crippen LogP contribution in [-0.4, -0.2) is 19.3 Å². The lowest BCUT2D eigenvalue weighted by molar-refractivity contribution is 0.776. The lowest BCUT2D eigenvalue weighted by Gasteiger charge is -2.07. The second kappa shape index (κ2) is 4.77. The van der Waals surface area contributed by atoms with Gasteiger partial charge in [0.05, 0.1) is 5.56 Å². The van der Waals surface area contributed by atoms with Gasteiger partial charge in [0.1, 0.15) is 11.5 Å². The molecule has 0 bridgehead atoms. The van der Waals surface area contributed by atoms with E-state index in [-0.39, 0.29) is 0 Å². The van der Waals surface area contributed by atoms with Gasteiger partial charge in [0.15, 0.2) is 5.82 Å². The minimum atomic E-state index is 0.649. The molecule has 0 spiro atoms. The maximum atomic E-state index is 6.24. The summed E-state index contributed by atoms with van der Waals surface area (Å²) in [6, 6.07) is 6.34. The minimum Gasteiger partial charge on any atom is -0.383 e. The van der Waals surface area contributed by atoms with Crippen LogP contribution >= 0.6 is 0 Å². The molecule has 5 heteroatoms. The lowest BCUT2D eigenvalue weighted by atomic mass is 10.00. The molecule has 0 unspecified atom stereocenters. The zero-order chi connectivity index (χ0) is 15.1. The van der Waals surface area contributed by atoms with Crippen LogP contribution in [-0.2, 0) is 14.1 Å². The van der Waals surface area contributed by atoms with Gasteiger partial charge < -0.3 is 10.3 Å². The molecule has 0 fully saturated rings. The molecule has 21 heavy (non-hydrogen) atoms. The molecule has 5 nitrogen and oxygen atoms in total. The van der Waals surface area contributed by atoms with E-state index in [4.69, 9.17) is 5.73 Å². The van der Waals surface area contributed by atoms with Crippen molar-refractivity contribution in [3.63, 3.8) is 0 Å². The highest BCUT2D eigenvalue weighted by Crippen LogP contribution is 2.35. The Hall–Kier alpha value is -2.56. The van der Waals surface area contributed by atoms with Crippen LogP contribution in [0.1, 0.15) is 11.1 Å². The molecule has 2 N–H and O–H groups in total. The Morgan fingerprint density at radius 1 is 1.10 bits per heavy atom. The molecule has 1 aromatic carbocycles. The third-order valence-corrected chi connectivity index (χ3v) is 3.92. The fourth-order valence-electron chi connectivity index (χ4n) is 2.47. The fourth-order valence-corrected chi connectivity index (χ4v) is 2.47. The Kier molecular flexibility index (Phi) is 3.05. The lowest BCUT2D eigenvalue weighted by Crippen LogP contribution is -1.98. The molecule has 2 aromatic heterocycles. The fraction of sp³-hybridized carbons (Fsp3) is 0.250. The van der Waals surface area contributed by atoms with Gasteiger partial charge in [0, 0.05) is 26.5 Å². The molecule has 3 aromatic rings. The third-order valence-electron chi connectivity index (χ3n) is 3.92. The van der Waals surface area contributed by atoms with Crippen molar-refractivity contribution in [1.82, 2.24) is 19.3 Å². The highest BCUT2D eigenvalue weighted by atomic mass is 15.3. The molecule has 3 rings (SSSR count). The van der Waals surface area contributed by atoms with Gasteiger partial charge in [-0.2, -0.15) is 5.10 Å². The molecule has 108 valence electrons. The number of aromatic nitrogens is 4. The van der Waals surface area contributed by atoms with E-state index in [1.165, 1.54) is 11.1 Å². The smallest absolute Gasteiger partial charge is 0.161 e. The van der Waals surface area contributed by atoms with Crippen molar-refractivity contribution in [2.45, 2.75) is 13.8 Å². The summed E-state index contributed by atoms with van der Waals surface area (Å²) in [6.45, 7) is 4.21. The van der Waals surface area contributed by atoms with E-state index >= 15 is 0 Å². The first-order valence-electron chi connectivity index (χ1n) is 6.87. The van der Waals surface area contributed by atoms with E-state index in [0.717, 1.165) is 22.6 Å². The van der Waals surface area contributed by atoms with Crippen LogP contribution in [0.25, 0.3) is 22.6 Å². The maximum Gasteiger partial charge on any atom is 0.161 e. The molecule has 0 saturated carbocycles. The highest BCUT2D eigenvalue weighted by Gasteiger charge is 2.20. The van der Waals surface area contributed by atoms with Gasteiger partial charge in [0.2, 0.25) is 0 Å². The van der Waals surface area contributed by atoms with Crippen molar-refractivity contribution in [3.8, 4) is 22.6 Å². The Morgan fingerprint density at radius 2 is 1.86 bits per heavy atom. The molecule has 0 aliphatic rings. The molecule has 2 heterocycles. The van der Waals surface area contributed by atoms with Gasteiger partial charge >= 0.3 is 0 Å². The van der Waals surface area contributed by atoms with E-state index in [2.05, 4.69) is 42.1 Å². The van der Waals surface area contributed by atoms with E-state index in [1.807, 2.05) is 24.9 Å². The van der Waals surface area contributed by atoms with Crippen molar-refractivity contribution < 1.29 is 0 Å². The number of anilines is 1. The number of nitrogen functional groups attached to an aromatic ring is 1. The van der Waals surface area contributed by atoms with Gasteiger partial charge in [-0.25, -0.2) is 4.98 Å². The van der Waals surface area contributed by atoms with Gasteiger partial charge in [-0.15, -0.1) is 0 Å². The van der Waals surface area contributed by atoms with Crippen LogP contribution < -0.4 is 5.73 Å². The normalized spacial score (nSPS) is 11.0. The number of nitrogens with zero attached hydrogens (tertiary/aromatic N) is 4. The monoisotopic (exact) mass is 281 g/mol. The topological polar surface area (TPSA) is 61.7 Å². The summed E-state index contributed by atoms with van der Waals surface area (Å²) in [4.78, 5) is 4.40. The van der Waals surface area contributed by atoms with Crippen LogP contribution in [0.3, 0.4) is 0 Å². The zero-order valence-electron chi connectivity index (χ0n) is 12.8. The summed E-state index contributed by atoms with van der Waals surface area (Å²) in [5.41, 5.74) is 11.6. The summed E-state index contributed by atoms with van der Waals surface area (Å²) < 4.78 is 3.65. The van der Waals surface area contributed by atoms with E-state index in [0.29, 0.717) is 5.82 Å². The number of rotatable bonds is 2. The summed E-state index contributed by atoms with van der Waals surface area (Å²) in [6.07, 6.45) is 3.68. The number of imidazole rings is 1. The van der Waals surface area contributed by atoms with E-state index < -0.39 is 0 Å². The number of hydrogen-bond donors (Lipinski definition) is 1. The second-order valence-electron chi connectivity index (χ2n) is 5.39. The van der Waals surface area contributed by atoms with Crippen molar-refractivity contribution in [1.29, 1.82) is 0 Å². The molecule has 0 aliphatic carbocycles. The molecular formula is C16H19N5. The van der Waals surface area contributed by atoms with E-state index in [1.54, 1.807) is 10.9 Å². The summed E-state index contributed by atoms with van der Waals surface area (Å²) in [7, 11) is 3.81. The van der Waals surface area contributed by atoms with Gasteiger partial charge in [0.25, 0.3) is 0 Å². The first kappa shape index (κ1) is 13.4. The van der Waals surface area contributed by atoms with Crippen LogP contribution in [0.2, 0.25) is 0 Å². The van der Waals surface area contributed by atoms with Gasteiger partial charge in [-0.1, -0.05) is 18.2 Å². The van der Waals surface area contributed by atoms with Crippen LogP contribution in [0.4, 0.5) is 5.82 Å². The molecule has 0 atom stereocenters. The minimum absolute atomic E-state index is 0.649. The van der Waals surface area contributed by atoms with Crippen molar-refractivity contribution >= 4 is 5.82 Å². The molecule has 0 amide bonds. The third kappa shape index (κ3) is 2.11. The standard InChI is InChI=1S/C16H19N5/c1-10-5-6-12(9-11(10)2)13-14(19-21(4)15(13)17)16-18-7-8-20(16)3/h5-9H,17H2,1-4H3. The first-order chi connectivity index (χ1) is 9.99. The predicted octanol–water partition coefficient (Wildman–Crippen LogP) is 2.69. The maximum absolute atomic E-state index is 6.24. The predicted molar refractivity (Wildman–Crippen MR) is 84.7 cm³/mol. The zero-order valence-corrected chi connectivity index (χ0v) is 12.8. The van der Waals surface area contributed by atoms with Crippen LogP contribution in [0.5, 0.6) is 0 Å². The Labute approximate surface area is 124 Å². The second-order valence-corrected chi connectivity index (χ2v) is 5.39. The van der Waals surface area contributed by atoms with E-state index in [9.17, 15) is 0 Å². The Balaban J connectivity index is 2.27. The van der Waals surface area contributed by atoms with Crippen molar-refractivity contribution in [3.05, 3.63) is 41.7 Å². The Bertz CT molecular complexity index is 810. The quantitative estimate of drug-likeness (QED) is 0.785. The Morgan fingerprint density at radius 3 is 2.48 bits per heavy atom. The highest BCUT2D eigenvalue weighted by molar-refractivity contribution is 5.86. The average Bonchev–Trinajstić information content (AvgIpc) is 2.98. The first-order valence-corrected chi connectivity index (χ1v) is 6.87.